The Hall–Kier alpha value is -0.630. The molecule has 1 aliphatic carbocycles. The standard InChI is InChI=1S/C14H25NO/c1-5-15(6-2)13-9-7-12(8-10-13)14(16)11(3)4/h12-13H,3,5-10H2,1-2,4H3. The van der Waals surface area contributed by atoms with Crippen LogP contribution in [0.2, 0.25) is 0 Å². The van der Waals surface area contributed by atoms with Crippen LogP contribution in [0.4, 0.5) is 0 Å². The number of nitrogens with zero attached hydrogens (tertiary/aromatic N) is 1. The first-order chi connectivity index (χ1) is 7.60. The van der Waals surface area contributed by atoms with Crippen molar-refractivity contribution in [2.24, 2.45) is 5.92 Å². The Bertz CT molecular complexity index is 247. The van der Waals surface area contributed by atoms with Crippen molar-refractivity contribution in [2.45, 2.75) is 52.5 Å². The fourth-order valence-electron chi connectivity index (χ4n) is 2.79. The van der Waals surface area contributed by atoms with E-state index in [0.29, 0.717) is 6.04 Å². The highest BCUT2D eigenvalue weighted by Gasteiger charge is 2.28. The third kappa shape index (κ3) is 3.18. The summed E-state index contributed by atoms with van der Waals surface area (Å²) < 4.78 is 0. The van der Waals surface area contributed by atoms with Crippen molar-refractivity contribution in [1.82, 2.24) is 4.90 Å². The number of carbonyl (C=O) groups excluding carboxylic acids is 1. The van der Waals surface area contributed by atoms with E-state index in [1.165, 1.54) is 12.8 Å². The highest BCUT2D eigenvalue weighted by molar-refractivity contribution is 5.96. The molecule has 92 valence electrons. The highest BCUT2D eigenvalue weighted by Crippen LogP contribution is 2.29. The summed E-state index contributed by atoms with van der Waals surface area (Å²) in [5.41, 5.74) is 0.728. The molecule has 1 rings (SSSR count). The lowest BCUT2D eigenvalue weighted by atomic mass is 9.81. The average molecular weight is 223 g/mol. The SMILES string of the molecule is C=C(C)C(=O)C1CCC(N(CC)CC)CC1. The second-order valence-electron chi connectivity index (χ2n) is 4.87. The summed E-state index contributed by atoms with van der Waals surface area (Å²) >= 11 is 0. The van der Waals surface area contributed by atoms with E-state index in [1.807, 2.05) is 6.92 Å². The molecule has 0 aliphatic heterocycles. The lowest BCUT2D eigenvalue weighted by Gasteiger charge is -2.35. The quantitative estimate of drug-likeness (QED) is 0.668. The molecule has 2 nitrogen and oxygen atoms in total. The summed E-state index contributed by atoms with van der Waals surface area (Å²) in [7, 11) is 0. The van der Waals surface area contributed by atoms with Gasteiger partial charge in [0.15, 0.2) is 5.78 Å². The molecule has 0 aromatic heterocycles. The van der Waals surface area contributed by atoms with Crippen LogP contribution in [-0.2, 0) is 4.79 Å². The maximum atomic E-state index is 11.8. The molecule has 1 fully saturated rings. The Morgan fingerprint density at radius 3 is 2.06 bits per heavy atom. The maximum absolute atomic E-state index is 11.8. The van der Waals surface area contributed by atoms with Crippen LogP contribution in [-0.4, -0.2) is 29.8 Å². The molecule has 16 heavy (non-hydrogen) atoms. The predicted molar refractivity (Wildman–Crippen MR) is 68.5 cm³/mol. The van der Waals surface area contributed by atoms with Crippen molar-refractivity contribution in [3.63, 3.8) is 0 Å². The summed E-state index contributed by atoms with van der Waals surface area (Å²) in [6.45, 7) is 12.3. The van der Waals surface area contributed by atoms with Crippen molar-refractivity contribution in [1.29, 1.82) is 0 Å². The maximum Gasteiger partial charge on any atom is 0.161 e. The van der Waals surface area contributed by atoms with Crippen LogP contribution in [0.25, 0.3) is 0 Å². The van der Waals surface area contributed by atoms with Gasteiger partial charge in [0.25, 0.3) is 0 Å². The minimum Gasteiger partial charge on any atom is -0.301 e. The van der Waals surface area contributed by atoms with Crippen molar-refractivity contribution in [3.8, 4) is 0 Å². The van der Waals surface area contributed by atoms with E-state index in [0.717, 1.165) is 31.5 Å². The first-order valence-electron chi connectivity index (χ1n) is 6.53. The largest absolute Gasteiger partial charge is 0.301 e. The van der Waals surface area contributed by atoms with Crippen molar-refractivity contribution in [3.05, 3.63) is 12.2 Å². The molecule has 1 aliphatic rings. The average Bonchev–Trinajstić information content (AvgIpc) is 2.30. The van der Waals surface area contributed by atoms with E-state index in [2.05, 4.69) is 25.3 Å². The van der Waals surface area contributed by atoms with Gasteiger partial charge < -0.3 is 4.90 Å². The van der Waals surface area contributed by atoms with Gasteiger partial charge in [-0.2, -0.15) is 0 Å². The number of Topliss-reactive ketones (excluding diaryl/α,β-unsaturated/α-hetero) is 1. The van der Waals surface area contributed by atoms with Gasteiger partial charge >= 0.3 is 0 Å². The zero-order valence-electron chi connectivity index (χ0n) is 11.0. The van der Waals surface area contributed by atoms with Gasteiger partial charge in [-0.15, -0.1) is 0 Å². The molecule has 0 aromatic rings. The van der Waals surface area contributed by atoms with Gasteiger partial charge in [0.05, 0.1) is 0 Å². The zero-order valence-corrected chi connectivity index (χ0v) is 11.0. The second kappa shape index (κ2) is 6.19. The van der Waals surface area contributed by atoms with Gasteiger partial charge in [-0.1, -0.05) is 20.4 Å². The van der Waals surface area contributed by atoms with Gasteiger partial charge in [0.2, 0.25) is 0 Å². The van der Waals surface area contributed by atoms with E-state index < -0.39 is 0 Å². The first kappa shape index (κ1) is 13.4. The van der Waals surface area contributed by atoms with Crippen LogP contribution >= 0.6 is 0 Å². The van der Waals surface area contributed by atoms with Crippen LogP contribution in [0, 0.1) is 5.92 Å². The molecular formula is C14H25NO. The minimum absolute atomic E-state index is 0.254. The predicted octanol–water partition coefficient (Wildman–Crippen LogP) is 3.03. The highest BCUT2D eigenvalue weighted by atomic mass is 16.1. The molecule has 0 radical (unpaired) electrons. The van der Waals surface area contributed by atoms with E-state index in [-0.39, 0.29) is 11.7 Å². The van der Waals surface area contributed by atoms with Gasteiger partial charge in [-0.25, -0.2) is 0 Å². The third-order valence-corrected chi connectivity index (χ3v) is 3.82. The number of rotatable bonds is 5. The normalized spacial score (nSPS) is 25.8. The zero-order chi connectivity index (χ0) is 12.1. The lowest BCUT2D eigenvalue weighted by Crippen LogP contribution is -2.38. The Kier molecular flexibility index (Phi) is 5.20. The summed E-state index contributed by atoms with van der Waals surface area (Å²) in [4.78, 5) is 14.3. The molecule has 0 unspecified atom stereocenters. The molecule has 1 saturated carbocycles. The molecule has 0 saturated heterocycles. The van der Waals surface area contributed by atoms with Crippen molar-refractivity contribution in [2.75, 3.05) is 13.1 Å². The Morgan fingerprint density at radius 1 is 1.19 bits per heavy atom. The molecule has 0 atom stereocenters. The molecule has 0 heterocycles. The monoisotopic (exact) mass is 223 g/mol. The van der Waals surface area contributed by atoms with Crippen molar-refractivity contribution < 1.29 is 4.79 Å². The topological polar surface area (TPSA) is 20.3 Å². The molecule has 0 bridgehead atoms. The molecule has 2 heteroatoms. The number of ketones is 1. The van der Waals surface area contributed by atoms with Crippen LogP contribution in [0.3, 0.4) is 0 Å². The third-order valence-electron chi connectivity index (χ3n) is 3.82. The van der Waals surface area contributed by atoms with Gasteiger partial charge in [-0.3, -0.25) is 4.79 Å². The fourth-order valence-corrected chi connectivity index (χ4v) is 2.79. The van der Waals surface area contributed by atoms with Crippen LogP contribution in [0.5, 0.6) is 0 Å². The lowest BCUT2D eigenvalue weighted by molar-refractivity contribution is -0.120. The Morgan fingerprint density at radius 2 is 1.69 bits per heavy atom. The second-order valence-corrected chi connectivity index (χ2v) is 4.87. The van der Waals surface area contributed by atoms with Crippen LogP contribution in [0.15, 0.2) is 12.2 Å². The number of allylic oxidation sites excluding steroid dienone is 1. The summed E-state index contributed by atoms with van der Waals surface area (Å²) in [5, 5.41) is 0. The molecule has 0 amide bonds. The Labute approximate surface area is 99.7 Å². The fraction of sp³-hybridized carbons (Fsp3) is 0.786. The number of carbonyl (C=O) groups is 1. The summed E-state index contributed by atoms with van der Waals surface area (Å²) in [5.74, 6) is 0.544. The first-order valence-corrected chi connectivity index (χ1v) is 6.53. The van der Waals surface area contributed by atoms with Gasteiger partial charge in [-0.05, 0) is 51.3 Å². The minimum atomic E-state index is 0.254. The Balaban J connectivity index is 2.45. The molecule has 0 spiro atoms. The van der Waals surface area contributed by atoms with Gasteiger partial charge in [0.1, 0.15) is 0 Å². The molecular weight excluding hydrogens is 198 g/mol. The van der Waals surface area contributed by atoms with E-state index >= 15 is 0 Å². The number of hydrogen-bond acceptors (Lipinski definition) is 2. The molecule has 0 N–H and O–H groups in total. The van der Waals surface area contributed by atoms with Crippen LogP contribution in [0.1, 0.15) is 46.5 Å². The van der Waals surface area contributed by atoms with E-state index in [4.69, 9.17) is 0 Å². The summed E-state index contributed by atoms with van der Waals surface area (Å²) in [6, 6.07) is 0.698. The van der Waals surface area contributed by atoms with E-state index in [1.54, 1.807) is 0 Å². The van der Waals surface area contributed by atoms with Crippen molar-refractivity contribution >= 4 is 5.78 Å². The van der Waals surface area contributed by atoms with E-state index in [9.17, 15) is 4.79 Å². The number of hydrogen-bond donors (Lipinski definition) is 0. The molecule has 0 aromatic carbocycles. The van der Waals surface area contributed by atoms with Crippen LogP contribution < -0.4 is 0 Å². The smallest absolute Gasteiger partial charge is 0.161 e. The van der Waals surface area contributed by atoms with Gasteiger partial charge in [0, 0.05) is 12.0 Å². The summed E-state index contributed by atoms with van der Waals surface area (Å²) in [6.07, 6.45) is 4.44.